The summed E-state index contributed by atoms with van der Waals surface area (Å²) in [4.78, 5) is 14.9. The summed E-state index contributed by atoms with van der Waals surface area (Å²) in [5.41, 5.74) is 7.92. The first kappa shape index (κ1) is 20.9. The molecule has 0 radical (unpaired) electrons. The van der Waals surface area contributed by atoms with Crippen LogP contribution in [-0.4, -0.2) is 52.5 Å². The van der Waals surface area contributed by atoms with Crippen LogP contribution in [0.15, 0.2) is 65.0 Å². The number of halogens is 2. The molecule has 10 heteroatoms. The van der Waals surface area contributed by atoms with Crippen molar-refractivity contribution >= 4 is 5.69 Å². The SMILES string of the molecule is NCC(Cn1nnn(-c2cccc(-c3ccc(N4CCNCC4)cc3)c2)c1=O)=C(F)F. The molecule has 3 aromatic rings. The normalized spacial score (nSPS) is 14.0. The molecule has 1 aliphatic rings. The van der Waals surface area contributed by atoms with Crippen molar-refractivity contribution in [1.82, 2.24) is 25.1 Å². The zero-order chi connectivity index (χ0) is 21.8. The topological polar surface area (TPSA) is 94.0 Å². The minimum atomic E-state index is -1.91. The number of nitrogens with zero attached hydrogens (tertiary/aromatic N) is 5. The van der Waals surface area contributed by atoms with Gasteiger partial charge in [0.25, 0.3) is 6.08 Å². The predicted octanol–water partition coefficient (Wildman–Crippen LogP) is 1.61. The Bertz CT molecular complexity index is 1130. The van der Waals surface area contributed by atoms with E-state index in [1.54, 1.807) is 6.07 Å². The number of hydrogen-bond acceptors (Lipinski definition) is 6. The fourth-order valence-corrected chi connectivity index (χ4v) is 3.52. The molecule has 0 bridgehead atoms. The van der Waals surface area contributed by atoms with Crippen molar-refractivity contribution in [1.29, 1.82) is 0 Å². The molecular formula is C21H23F2N7O. The Balaban J connectivity index is 1.58. The average Bonchev–Trinajstić information content (AvgIpc) is 3.18. The Kier molecular flexibility index (Phi) is 6.19. The molecule has 1 saturated heterocycles. The molecule has 0 amide bonds. The second kappa shape index (κ2) is 9.19. The lowest BCUT2D eigenvalue weighted by Gasteiger charge is -2.29. The van der Waals surface area contributed by atoms with E-state index in [1.165, 1.54) is 5.69 Å². The van der Waals surface area contributed by atoms with Crippen LogP contribution in [0.1, 0.15) is 0 Å². The standard InChI is InChI=1S/C21H23F2N7O/c22-20(23)17(13-24)14-29-21(31)30(27-26-29)19-3-1-2-16(12-19)15-4-6-18(7-5-15)28-10-8-25-9-11-28/h1-7,12,25H,8-11,13-14,24H2. The molecule has 1 aliphatic heterocycles. The number of benzene rings is 2. The van der Waals surface area contributed by atoms with Crippen molar-refractivity contribution in [2.45, 2.75) is 6.54 Å². The van der Waals surface area contributed by atoms with Crippen molar-refractivity contribution in [2.24, 2.45) is 5.73 Å². The summed E-state index contributed by atoms with van der Waals surface area (Å²) in [7, 11) is 0. The van der Waals surface area contributed by atoms with E-state index < -0.39 is 18.3 Å². The fourth-order valence-electron chi connectivity index (χ4n) is 3.52. The van der Waals surface area contributed by atoms with Gasteiger partial charge in [-0.3, -0.25) is 0 Å². The number of anilines is 1. The number of hydrogen-bond donors (Lipinski definition) is 2. The number of nitrogens with one attached hydrogen (secondary N) is 1. The lowest BCUT2D eigenvalue weighted by molar-refractivity contribution is 0.400. The van der Waals surface area contributed by atoms with Gasteiger partial charge in [0.2, 0.25) is 0 Å². The first-order chi connectivity index (χ1) is 15.1. The number of tetrazole rings is 1. The Hall–Kier alpha value is -3.37. The molecule has 31 heavy (non-hydrogen) atoms. The van der Waals surface area contributed by atoms with Gasteiger partial charge in [-0.2, -0.15) is 18.1 Å². The zero-order valence-corrected chi connectivity index (χ0v) is 16.8. The van der Waals surface area contributed by atoms with Gasteiger partial charge in [-0.15, -0.1) is 0 Å². The second-order valence-electron chi connectivity index (χ2n) is 7.23. The van der Waals surface area contributed by atoms with Crippen LogP contribution >= 0.6 is 0 Å². The first-order valence-electron chi connectivity index (χ1n) is 9.99. The van der Waals surface area contributed by atoms with Crippen LogP contribution in [0, 0.1) is 0 Å². The maximum absolute atomic E-state index is 12.9. The van der Waals surface area contributed by atoms with Crippen LogP contribution in [0.25, 0.3) is 16.8 Å². The summed E-state index contributed by atoms with van der Waals surface area (Å²) >= 11 is 0. The minimum Gasteiger partial charge on any atom is -0.369 e. The van der Waals surface area contributed by atoms with Crippen molar-refractivity contribution in [3.8, 4) is 16.8 Å². The number of piperazine rings is 1. The highest BCUT2D eigenvalue weighted by atomic mass is 19.3. The Morgan fingerprint density at radius 1 is 1.00 bits per heavy atom. The maximum Gasteiger partial charge on any atom is 0.368 e. The Morgan fingerprint density at radius 2 is 1.74 bits per heavy atom. The van der Waals surface area contributed by atoms with Crippen LogP contribution in [0.2, 0.25) is 0 Å². The third-order valence-electron chi connectivity index (χ3n) is 5.27. The van der Waals surface area contributed by atoms with Gasteiger partial charge >= 0.3 is 5.69 Å². The maximum atomic E-state index is 12.9. The summed E-state index contributed by atoms with van der Waals surface area (Å²) in [5.74, 6) is 0. The third-order valence-corrected chi connectivity index (χ3v) is 5.27. The van der Waals surface area contributed by atoms with Crippen LogP contribution in [0.4, 0.5) is 14.5 Å². The van der Waals surface area contributed by atoms with Gasteiger partial charge in [0.05, 0.1) is 12.2 Å². The molecule has 0 saturated carbocycles. The largest absolute Gasteiger partial charge is 0.369 e. The molecule has 2 heterocycles. The summed E-state index contributed by atoms with van der Waals surface area (Å²) in [6.07, 6.45) is -1.91. The summed E-state index contributed by atoms with van der Waals surface area (Å²) in [6, 6.07) is 15.5. The molecule has 0 atom stereocenters. The highest BCUT2D eigenvalue weighted by Crippen LogP contribution is 2.25. The Morgan fingerprint density at radius 3 is 2.42 bits per heavy atom. The predicted molar refractivity (Wildman–Crippen MR) is 114 cm³/mol. The first-order valence-corrected chi connectivity index (χ1v) is 9.99. The van der Waals surface area contributed by atoms with Gasteiger partial charge in [-0.25, -0.2) is 4.79 Å². The van der Waals surface area contributed by atoms with E-state index in [4.69, 9.17) is 5.73 Å². The van der Waals surface area contributed by atoms with E-state index in [0.29, 0.717) is 5.69 Å². The lowest BCUT2D eigenvalue weighted by Crippen LogP contribution is -2.43. The molecule has 162 valence electrons. The fraction of sp³-hybridized carbons (Fsp3) is 0.286. The molecule has 1 fully saturated rings. The van der Waals surface area contributed by atoms with Crippen LogP contribution in [0.3, 0.4) is 0 Å². The van der Waals surface area contributed by atoms with Crippen LogP contribution < -0.4 is 21.6 Å². The quantitative estimate of drug-likeness (QED) is 0.621. The number of rotatable bonds is 6. The molecule has 0 aliphatic carbocycles. The molecular weight excluding hydrogens is 404 g/mol. The molecule has 2 aromatic carbocycles. The summed E-state index contributed by atoms with van der Waals surface area (Å²) in [5, 5.41) is 10.9. The van der Waals surface area contributed by atoms with Crippen molar-refractivity contribution < 1.29 is 8.78 Å². The number of nitrogens with two attached hydrogens (primary N) is 1. The van der Waals surface area contributed by atoms with E-state index in [-0.39, 0.29) is 12.1 Å². The Labute approximate surface area is 177 Å². The molecule has 3 N–H and O–H groups in total. The van der Waals surface area contributed by atoms with Gasteiger partial charge in [0, 0.05) is 44.0 Å². The highest BCUT2D eigenvalue weighted by Gasteiger charge is 2.14. The molecule has 4 rings (SSSR count). The number of aromatic nitrogens is 4. The molecule has 8 nitrogen and oxygen atoms in total. The summed E-state index contributed by atoms with van der Waals surface area (Å²) in [6.45, 7) is 3.13. The van der Waals surface area contributed by atoms with Gasteiger partial charge < -0.3 is 16.0 Å². The molecule has 1 aromatic heterocycles. The van der Waals surface area contributed by atoms with Crippen molar-refractivity contribution in [3.63, 3.8) is 0 Å². The van der Waals surface area contributed by atoms with Crippen LogP contribution in [-0.2, 0) is 6.54 Å². The van der Waals surface area contributed by atoms with E-state index in [1.807, 2.05) is 30.3 Å². The van der Waals surface area contributed by atoms with E-state index in [9.17, 15) is 13.6 Å². The second-order valence-corrected chi connectivity index (χ2v) is 7.23. The van der Waals surface area contributed by atoms with Gasteiger partial charge in [0.1, 0.15) is 0 Å². The van der Waals surface area contributed by atoms with E-state index in [0.717, 1.165) is 46.7 Å². The summed E-state index contributed by atoms with van der Waals surface area (Å²) < 4.78 is 27.7. The van der Waals surface area contributed by atoms with Gasteiger partial charge in [0.15, 0.2) is 0 Å². The van der Waals surface area contributed by atoms with Gasteiger partial charge in [-0.05, 0) is 45.8 Å². The van der Waals surface area contributed by atoms with E-state index >= 15 is 0 Å². The molecule has 0 unspecified atom stereocenters. The van der Waals surface area contributed by atoms with Crippen molar-refractivity contribution in [2.75, 3.05) is 37.6 Å². The minimum absolute atomic E-state index is 0.354. The van der Waals surface area contributed by atoms with E-state index in [2.05, 4.69) is 32.8 Å². The van der Waals surface area contributed by atoms with Gasteiger partial charge in [-0.1, -0.05) is 24.3 Å². The lowest BCUT2D eigenvalue weighted by atomic mass is 10.0. The smallest absolute Gasteiger partial charge is 0.368 e. The average molecular weight is 427 g/mol. The van der Waals surface area contributed by atoms with Crippen LogP contribution in [0.5, 0.6) is 0 Å². The highest BCUT2D eigenvalue weighted by molar-refractivity contribution is 5.68. The third kappa shape index (κ3) is 4.54. The molecule has 0 spiro atoms. The van der Waals surface area contributed by atoms with Crippen molar-refractivity contribution in [3.05, 3.63) is 70.7 Å². The monoisotopic (exact) mass is 427 g/mol. The zero-order valence-electron chi connectivity index (χ0n) is 16.8.